The number of hydrogen-bond acceptors (Lipinski definition) is 3. The molecule has 1 aromatic heterocycles. The Bertz CT molecular complexity index is 983. The lowest BCUT2D eigenvalue weighted by Crippen LogP contribution is -2.01. The topological polar surface area (TPSA) is 49.6 Å². The fourth-order valence-corrected chi connectivity index (χ4v) is 4.23. The molecule has 0 spiro atoms. The van der Waals surface area contributed by atoms with E-state index in [9.17, 15) is 5.26 Å². The zero-order valence-electron chi connectivity index (χ0n) is 20.3. The van der Waals surface area contributed by atoms with Crippen molar-refractivity contribution in [2.45, 2.75) is 78.1 Å². The molecule has 3 aromatic rings. The van der Waals surface area contributed by atoms with Crippen molar-refractivity contribution in [2.24, 2.45) is 5.92 Å². The van der Waals surface area contributed by atoms with Crippen molar-refractivity contribution in [3.8, 4) is 28.6 Å². The maximum absolute atomic E-state index is 9.30. The van der Waals surface area contributed by atoms with Gasteiger partial charge in [0.2, 0.25) is 0 Å². The molecule has 0 fully saturated rings. The molecule has 0 aliphatic heterocycles. The summed E-state index contributed by atoms with van der Waals surface area (Å²) in [7, 11) is 0. The molecular weight excluding hydrogens is 402 g/mol. The molecule has 1 heterocycles. The molecule has 0 N–H and O–H groups in total. The number of aryl methyl sites for hydroxylation is 1. The predicted octanol–water partition coefficient (Wildman–Crippen LogP) is 8.20. The summed E-state index contributed by atoms with van der Waals surface area (Å²) in [6.07, 6.45) is 15.7. The maximum atomic E-state index is 9.30. The summed E-state index contributed by atoms with van der Waals surface area (Å²) < 4.78 is 0. The lowest BCUT2D eigenvalue weighted by molar-refractivity contribution is 0.590. The van der Waals surface area contributed by atoms with E-state index in [0.717, 1.165) is 37.1 Å². The molecule has 33 heavy (non-hydrogen) atoms. The fourth-order valence-electron chi connectivity index (χ4n) is 4.23. The lowest BCUT2D eigenvalue weighted by atomic mass is 9.95. The number of aromatic nitrogens is 2. The van der Waals surface area contributed by atoms with Crippen LogP contribution in [0, 0.1) is 17.2 Å². The highest BCUT2D eigenvalue weighted by molar-refractivity contribution is 5.67. The second-order valence-electron chi connectivity index (χ2n) is 9.03. The number of nitriles is 1. The molecule has 1 atom stereocenters. The SMILES string of the molecule is CCCCCCCCc1cnc(-c2ccc(-c3ccc(C[C@@H](C#N)CCC)cc3)cc2)nc1. The highest BCUT2D eigenvalue weighted by atomic mass is 14.9. The van der Waals surface area contributed by atoms with E-state index < -0.39 is 0 Å². The van der Waals surface area contributed by atoms with E-state index in [1.165, 1.54) is 60.8 Å². The number of unbranched alkanes of at least 4 members (excludes halogenated alkanes) is 5. The first-order chi connectivity index (χ1) is 16.2. The maximum Gasteiger partial charge on any atom is 0.159 e. The Labute approximate surface area is 199 Å². The largest absolute Gasteiger partial charge is 0.236 e. The Morgan fingerprint density at radius 1 is 0.697 bits per heavy atom. The average Bonchev–Trinajstić information content (AvgIpc) is 2.87. The minimum Gasteiger partial charge on any atom is -0.236 e. The van der Waals surface area contributed by atoms with Crippen molar-refractivity contribution in [1.82, 2.24) is 9.97 Å². The molecule has 172 valence electrons. The van der Waals surface area contributed by atoms with Gasteiger partial charge in [0.05, 0.1) is 12.0 Å². The van der Waals surface area contributed by atoms with Crippen LogP contribution < -0.4 is 0 Å². The Morgan fingerprint density at radius 3 is 1.88 bits per heavy atom. The summed E-state index contributed by atoms with van der Waals surface area (Å²) in [6, 6.07) is 19.5. The number of rotatable bonds is 13. The molecule has 0 amide bonds. The van der Waals surface area contributed by atoms with Crippen molar-refractivity contribution >= 4 is 0 Å². The van der Waals surface area contributed by atoms with Crippen molar-refractivity contribution in [3.05, 3.63) is 72.1 Å². The standard InChI is InChI=1S/C30H37N3/c1-3-5-6-7-8-9-11-26-22-32-30(33-23-26)29-18-16-28(17-19-29)27-14-12-24(13-15-27)20-25(21-31)10-4-2/h12-19,22-23,25H,3-11,20H2,1-2H3/t25-/m0/s1. The molecule has 3 rings (SSSR count). The van der Waals surface area contributed by atoms with Crippen LogP contribution in [0.25, 0.3) is 22.5 Å². The van der Waals surface area contributed by atoms with E-state index in [1.54, 1.807) is 0 Å². The van der Waals surface area contributed by atoms with E-state index in [4.69, 9.17) is 0 Å². The van der Waals surface area contributed by atoms with Gasteiger partial charge >= 0.3 is 0 Å². The van der Waals surface area contributed by atoms with Crippen LogP contribution in [-0.4, -0.2) is 9.97 Å². The van der Waals surface area contributed by atoms with Gasteiger partial charge in [0.1, 0.15) is 0 Å². The van der Waals surface area contributed by atoms with Crippen LogP contribution in [0.2, 0.25) is 0 Å². The van der Waals surface area contributed by atoms with E-state index >= 15 is 0 Å². The van der Waals surface area contributed by atoms with Crippen LogP contribution in [0.15, 0.2) is 60.9 Å². The Morgan fingerprint density at radius 2 is 1.27 bits per heavy atom. The lowest BCUT2D eigenvalue weighted by Gasteiger charge is -2.09. The van der Waals surface area contributed by atoms with E-state index in [0.29, 0.717) is 0 Å². The van der Waals surface area contributed by atoms with Gasteiger partial charge in [0.25, 0.3) is 0 Å². The third kappa shape index (κ3) is 7.82. The summed E-state index contributed by atoms with van der Waals surface area (Å²) in [4.78, 5) is 9.21. The summed E-state index contributed by atoms with van der Waals surface area (Å²) in [5, 5.41) is 9.30. The van der Waals surface area contributed by atoms with Gasteiger partial charge in [-0.2, -0.15) is 5.26 Å². The van der Waals surface area contributed by atoms with Crippen molar-refractivity contribution in [1.29, 1.82) is 5.26 Å². The first-order valence-electron chi connectivity index (χ1n) is 12.6. The molecule has 0 bridgehead atoms. The number of hydrogen-bond donors (Lipinski definition) is 0. The Hall–Kier alpha value is -2.99. The van der Waals surface area contributed by atoms with E-state index in [1.807, 2.05) is 12.4 Å². The summed E-state index contributed by atoms with van der Waals surface area (Å²) in [5.74, 6) is 0.888. The highest BCUT2D eigenvalue weighted by Gasteiger charge is 2.08. The third-order valence-corrected chi connectivity index (χ3v) is 6.26. The predicted molar refractivity (Wildman–Crippen MR) is 138 cm³/mol. The van der Waals surface area contributed by atoms with Crippen LogP contribution in [0.3, 0.4) is 0 Å². The molecule has 0 unspecified atom stereocenters. The molecule has 2 aromatic carbocycles. The van der Waals surface area contributed by atoms with E-state index in [2.05, 4.69) is 78.4 Å². The van der Waals surface area contributed by atoms with E-state index in [-0.39, 0.29) is 5.92 Å². The minimum atomic E-state index is 0.109. The molecule has 0 saturated heterocycles. The van der Waals surface area contributed by atoms with Crippen molar-refractivity contribution in [3.63, 3.8) is 0 Å². The number of nitrogens with zero attached hydrogens (tertiary/aromatic N) is 3. The van der Waals surface area contributed by atoms with Gasteiger partial charge in [-0.3, -0.25) is 0 Å². The normalized spacial score (nSPS) is 11.8. The zero-order chi connectivity index (χ0) is 23.3. The summed E-state index contributed by atoms with van der Waals surface area (Å²) in [6.45, 7) is 4.39. The first kappa shape index (κ1) is 24.6. The Kier molecular flexibility index (Phi) is 10.1. The molecule has 0 radical (unpaired) electrons. The van der Waals surface area contributed by atoms with Crippen LogP contribution in [0.5, 0.6) is 0 Å². The van der Waals surface area contributed by atoms with Gasteiger partial charge in [-0.15, -0.1) is 0 Å². The molecule has 3 nitrogen and oxygen atoms in total. The van der Waals surface area contributed by atoms with Crippen molar-refractivity contribution < 1.29 is 0 Å². The van der Waals surface area contributed by atoms with Crippen LogP contribution in [0.1, 0.15) is 76.3 Å². The zero-order valence-corrected chi connectivity index (χ0v) is 20.3. The molecule has 0 aliphatic carbocycles. The fraction of sp³-hybridized carbons (Fsp3) is 0.433. The Balaban J connectivity index is 1.55. The van der Waals surface area contributed by atoms with Crippen LogP contribution >= 0.6 is 0 Å². The quantitative estimate of drug-likeness (QED) is 0.252. The van der Waals surface area contributed by atoms with Gasteiger partial charge in [-0.25, -0.2) is 9.97 Å². The van der Waals surface area contributed by atoms with Crippen molar-refractivity contribution in [2.75, 3.05) is 0 Å². The smallest absolute Gasteiger partial charge is 0.159 e. The molecule has 0 saturated carbocycles. The first-order valence-corrected chi connectivity index (χ1v) is 12.6. The number of benzene rings is 2. The summed E-state index contributed by atoms with van der Waals surface area (Å²) >= 11 is 0. The third-order valence-electron chi connectivity index (χ3n) is 6.26. The molecule has 0 aliphatic rings. The monoisotopic (exact) mass is 439 g/mol. The molecule has 3 heteroatoms. The van der Waals surface area contributed by atoms with Crippen LogP contribution in [0.4, 0.5) is 0 Å². The van der Waals surface area contributed by atoms with Gasteiger partial charge in [-0.1, -0.05) is 101 Å². The average molecular weight is 440 g/mol. The van der Waals surface area contributed by atoms with Gasteiger partial charge in [0, 0.05) is 18.0 Å². The van der Waals surface area contributed by atoms with Gasteiger partial charge < -0.3 is 0 Å². The van der Waals surface area contributed by atoms with Gasteiger partial charge in [-0.05, 0) is 47.9 Å². The minimum absolute atomic E-state index is 0.109. The van der Waals surface area contributed by atoms with Gasteiger partial charge in [0.15, 0.2) is 5.82 Å². The molecular formula is C30H37N3. The summed E-state index contributed by atoms with van der Waals surface area (Å²) in [5.41, 5.74) is 5.85. The van der Waals surface area contributed by atoms with Crippen LogP contribution in [-0.2, 0) is 12.8 Å². The second kappa shape index (κ2) is 13.5. The second-order valence-corrected chi connectivity index (χ2v) is 9.03. The highest BCUT2D eigenvalue weighted by Crippen LogP contribution is 2.24.